The predicted octanol–water partition coefficient (Wildman–Crippen LogP) is 2.93. The van der Waals surface area contributed by atoms with Crippen LogP contribution in [0.1, 0.15) is 38.2 Å². The van der Waals surface area contributed by atoms with E-state index in [1.807, 2.05) is 0 Å². The number of nitrogens with one attached hydrogen (secondary N) is 1. The third-order valence-corrected chi connectivity index (χ3v) is 5.59. The van der Waals surface area contributed by atoms with Gasteiger partial charge in [-0.1, -0.05) is 6.92 Å². The predicted molar refractivity (Wildman–Crippen MR) is 92.8 cm³/mol. The zero-order valence-corrected chi connectivity index (χ0v) is 14.5. The van der Waals surface area contributed by atoms with Crippen molar-refractivity contribution in [3.8, 4) is 0 Å². The number of thiophene rings is 1. The Morgan fingerprint density at radius 3 is 3.14 bits per heavy atom. The largest absolute Gasteiger partial charge is 0.381 e. The molecule has 1 spiro atoms. The van der Waals surface area contributed by atoms with Gasteiger partial charge in [0.15, 0.2) is 5.96 Å². The maximum Gasteiger partial charge on any atom is 0.193 e. The van der Waals surface area contributed by atoms with E-state index in [4.69, 9.17) is 9.73 Å². The first-order valence-electron chi connectivity index (χ1n) is 8.35. The van der Waals surface area contributed by atoms with Crippen LogP contribution in [0.3, 0.4) is 0 Å². The van der Waals surface area contributed by atoms with Crippen LogP contribution in [0.15, 0.2) is 21.8 Å². The summed E-state index contributed by atoms with van der Waals surface area (Å²) < 4.78 is 5.63. The van der Waals surface area contributed by atoms with Gasteiger partial charge < -0.3 is 15.0 Å². The molecule has 0 amide bonds. The Morgan fingerprint density at radius 1 is 1.55 bits per heavy atom. The minimum Gasteiger partial charge on any atom is -0.381 e. The van der Waals surface area contributed by atoms with Crippen molar-refractivity contribution >= 4 is 17.3 Å². The third-order valence-electron chi connectivity index (χ3n) is 4.88. The summed E-state index contributed by atoms with van der Waals surface area (Å²) in [6.07, 6.45) is 2.44. The lowest BCUT2D eigenvalue weighted by molar-refractivity contribution is 0.156. The number of hydrogen-bond donors (Lipinski definition) is 1. The molecule has 0 saturated carbocycles. The fraction of sp³-hybridized carbons (Fsp3) is 0.706. The van der Waals surface area contributed by atoms with Gasteiger partial charge in [0.05, 0.1) is 6.61 Å². The normalized spacial score (nSPS) is 26.8. The molecule has 122 valence electrons. The highest BCUT2D eigenvalue weighted by Crippen LogP contribution is 2.38. The van der Waals surface area contributed by atoms with Crippen LogP contribution in [0, 0.1) is 5.41 Å². The molecule has 2 aliphatic heterocycles. The van der Waals surface area contributed by atoms with Crippen LogP contribution in [0.4, 0.5) is 0 Å². The Hall–Kier alpha value is -1.07. The summed E-state index contributed by atoms with van der Waals surface area (Å²) in [5.74, 6) is 1.56. The van der Waals surface area contributed by atoms with Crippen molar-refractivity contribution in [3.63, 3.8) is 0 Å². The number of likely N-dealkylation sites (tertiary alicyclic amines) is 1. The summed E-state index contributed by atoms with van der Waals surface area (Å²) in [6, 6.07) is 2.21. The average Bonchev–Trinajstić information content (AvgIpc) is 3.27. The van der Waals surface area contributed by atoms with Crippen molar-refractivity contribution in [3.05, 3.63) is 22.4 Å². The van der Waals surface area contributed by atoms with Crippen LogP contribution in [0.2, 0.25) is 0 Å². The summed E-state index contributed by atoms with van der Waals surface area (Å²) >= 11 is 1.76. The number of guanidine groups is 1. The number of ether oxygens (including phenoxy) is 1. The van der Waals surface area contributed by atoms with Gasteiger partial charge in [0.25, 0.3) is 0 Å². The van der Waals surface area contributed by atoms with Gasteiger partial charge in [0, 0.05) is 44.1 Å². The van der Waals surface area contributed by atoms with Gasteiger partial charge >= 0.3 is 0 Å². The van der Waals surface area contributed by atoms with Crippen molar-refractivity contribution in [2.45, 2.75) is 32.6 Å². The second-order valence-electron chi connectivity index (χ2n) is 6.63. The fourth-order valence-corrected chi connectivity index (χ4v) is 4.18. The van der Waals surface area contributed by atoms with Crippen molar-refractivity contribution in [2.24, 2.45) is 10.4 Å². The Labute approximate surface area is 137 Å². The van der Waals surface area contributed by atoms with Crippen molar-refractivity contribution in [2.75, 3.05) is 39.4 Å². The molecule has 1 N–H and O–H groups in total. The second kappa shape index (κ2) is 7.01. The first kappa shape index (κ1) is 15.8. The minimum atomic E-state index is 0.384. The summed E-state index contributed by atoms with van der Waals surface area (Å²) in [7, 11) is 0. The van der Waals surface area contributed by atoms with Crippen molar-refractivity contribution in [1.82, 2.24) is 10.2 Å². The maximum atomic E-state index is 5.63. The zero-order chi connectivity index (χ0) is 15.4. The molecule has 2 atom stereocenters. The first-order valence-corrected chi connectivity index (χ1v) is 9.30. The molecule has 1 aromatic heterocycles. The molecule has 2 aliphatic rings. The topological polar surface area (TPSA) is 36.9 Å². The van der Waals surface area contributed by atoms with Crippen LogP contribution in [0.25, 0.3) is 0 Å². The lowest BCUT2D eigenvalue weighted by atomic mass is 9.87. The number of hydrogen-bond acceptors (Lipinski definition) is 3. The van der Waals surface area contributed by atoms with E-state index in [2.05, 4.69) is 40.9 Å². The van der Waals surface area contributed by atoms with E-state index in [9.17, 15) is 0 Å². The average molecular weight is 321 g/mol. The summed E-state index contributed by atoms with van der Waals surface area (Å²) in [6.45, 7) is 10.2. The monoisotopic (exact) mass is 321 g/mol. The minimum absolute atomic E-state index is 0.384. The van der Waals surface area contributed by atoms with Crippen LogP contribution in [-0.2, 0) is 4.74 Å². The first-order chi connectivity index (χ1) is 10.7. The molecular weight excluding hydrogens is 294 g/mol. The Balaban J connectivity index is 1.63. The molecule has 0 aliphatic carbocycles. The highest BCUT2D eigenvalue weighted by Gasteiger charge is 2.42. The molecule has 3 rings (SSSR count). The number of rotatable bonds is 4. The zero-order valence-electron chi connectivity index (χ0n) is 13.7. The van der Waals surface area contributed by atoms with E-state index >= 15 is 0 Å². The van der Waals surface area contributed by atoms with Crippen LogP contribution < -0.4 is 5.32 Å². The summed E-state index contributed by atoms with van der Waals surface area (Å²) in [4.78, 5) is 7.33. The Kier molecular flexibility index (Phi) is 5.03. The molecule has 0 aromatic carbocycles. The molecule has 4 nitrogen and oxygen atoms in total. The van der Waals surface area contributed by atoms with E-state index in [1.165, 1.54) is 18.4 Å². The van der Waals surface area contributed by atoms with Gasteiger partial charge in [-0.15, -0.1) is 0 Å². The summed E-state index contributed by atoms with van der Waals surface area (Å²) in [5.41, 5.74) is 1.78. The third kappa shape index (κ3) is 3.46. The molecule has 0 bridgehead atoms. The second-order valence-corrected chi connectivity index (χ2v) is 7.41. The highest BCUT2D eigenvalue weighted by molar-refractivity contribution is 7.07. The smallest absolute Gasteiger partial charge is 0.193 e. The molecule has 2 saturated heterocycles. The molecule has 0 radical (unpaired) electrons. The molecule has 2 unspecified atom stereocenters. The quantitative estimate of drug-likeness (QED) is 0.684. The molecule has 2 fully saturated rings. The van der Waals surface area contributed by atoms with Gasteiger partial charge in [-0.2, -0.15) is 11.3 Å². The van der Waals surface area contributed by atoms with Gasteiger partial charge in [0.1, 0.15) is 0 Å². The van der Waals surface area contributed by atoms with Crippen LogP contribution in [-0.4, -0.2) is 50.3 Å². The Bertz CT molecular complexity index is 494. The summed E-state index contributed by atoms with van der Waals surface area (Å²) in [5, 5.41) is 7.84. The molecule has 5 heteroatoms. The van der Waals surface area contributed by atoms with Crippen molar-refractivity contribution in [1.29, 1.82) is 0 Å². The van der Waals surface area contributed by atoms with E-state index in [0.717, 1.165) is 45.4 Å². The molecule has 1 aromatic rings. The van der Waals surface area contributed by atoms with E-state index in [-0.39, 0.29) is 0 Å². The van der Waals surface area contributed by atoms with Crippen LogP contribution >= 0.6 is 11.3 Å². The van der Waals surface area contributed by atoms with Gasteiger partial charge in [-0.3, -0.25) is 4.99 Å². The van der Waals surface area contributed by atoms with E-state index in [1.54, 1.807) is 11.3 Å². The van der Waals surface area contributed by atoms with Gasteiger partial charge in [-0.05, 0) is 42.2 Å². The SMILES string of the molecule is CCNC(=NCC(C)c1ccsc1)N1CCC2(CCOC2)C1. The lowest BCUT2D eigenvalue weighted by Gasteiger charge is -2.25. The van der Waals surface area contributed by atoms with Crippen LogP contribution in [0.5, 0.6) is 0 Å². The van der Waals surface area contributed by atoms with Crippen molar-refractivity contribution < 1.29 is 4.74 Å². The molecular formula is C17H27N3OS. The highest BCUT2D eigenvalue weighted by atomic mass is 32.1. The van der Waals surface area contributed by atoms with E-state index < -0.39 is 0 Å². The molecule has 3 heterocycles. The fourth-order valence-electron chi connectivity index (χ4n) is 3.40. The van der Waals surface area contributed by atoms with Gasteiger partial charge in [-0.25, -0.2) is 0 Å². The Morgan fingerprint density at radius 2 is 2.45 bits per heavy atom. The maximum absolute atomic E-state index is 5.63. The number of nitrogens with zero attached hydrogens (tertiary/aromatic N) is 2. The number of aliphatic imine (C=N–C) groups is 1. The molecule has 22 heavy (non-hydrogen) atoms. The standard InChI is InChI=1S/C17H27N3OS/c1-3-18-16(19-10-14(2)15-4-9-22-11-15)20-7-5-17(12-20)6-8-21-13-17/h4,9,11,14H,3,5-8,10,12-13H2,1-2H3,(H,18,19). The lowest BCUT2D eigenvalue weighted by Crippen LogP contribution is -2.41. The van der Waals surface area contributed by atoms with Gasteiger partial charge in [0.2, 0.25) is 0 Å². The van der Waals surface area contributed by atoms with E-state index in [0.29, 0.717) is 11.3 Å².